The van der Waals surface area contributed by atoms with Gasteiger partial charge in [-0.15, -0.1) is 11.6 Å². The van der Waals surface area contributed by atoms with Crippen LogP contribution in [-0.4, -0.2) is 12.6 Å². The van der Waals surface area contributed by atoms with Gasteiger partial charge in [-0.05, 0) is 38.0 Å². The fourth-order valence-electron chi connectivity index (χ4n) is 1.95. The van der Waals surface area contributed by atoms with Crippen LogP contribution in [-0.2, 0) is 5.88 Å². The lowest BCUT2D eigenvalue weighted by atomic mass is 10.1. The molecule has 17 heavy (non-hydrogen) atoms. The van der Waals surface area contributed by atoms with Gasteiger partial charge in [-0.25, -0.2) is 0 Å². The molecular formula is C14H19ClN2. The molecule has 1 aromatic carbocycles. The number of aryl methyl sites for hydroxylation is 1. The van der Waals surface area contributed by atoms with Crippen molar-refractivity contribution in [2.45, 2.75) is 39.1 Å². The van der Waals surface area contributed by atoms with Crippen molar-refractivity contribution < 1.29 is 0 Å². The molecule has 0 spiro atoms. The number of anilines is 1. The van der Waals surface area contributed by atoms with Crippen molar-refractivity contribution in [3.8, 4) is 6.07 Å². The topological polar surface area (TPSA) is 27.0 Å². The van der Waals surface area contributed by atoms with Gasteiger partial charge in [0.2, 0.25) is 0 Å². The van der Waals surface area contributed by atoms with Gasteiger partial charge in [0, 0.05) is 24.2 Å². The number of rotatable bonds is 5. The lowest BCUT2D eigenvalue weighted by Crippen LogP contribution is -2.32. The minimum Gasteiger partial charge on any atom is -0.368 e. The molecule has 0 heterocycles. The summed E-state index contributed by atoms with van der Waals surface area (Å²) in [5, 5.41) is 8.70. The third kappa shape index (κ3) is 3.64. The van der Waals surface area contributed by atoms with Crippen LogP contribution in [0.25, 0.3) is 0 Å². The number of hydrogen-bond acceptors (Lipinski definition) is 2. The van der Waals surface area contributed by atoms with Crippen LogP contribution in [0, 0.1) is 18.3 Å². The summed E-state index contributed by atoms with van der Waals surface area (Å²) in [5.41, 5.74) is 3.55. The molecule has 0 unspecified atom stereocenters. The maximum absolute atomic E-state index is 8.70. The first-order valence-electron chi connectivity index (χ1n) is 5.89. The number of nitriles is 1. The van der Waals surface area contributed by atoms with Crippen LogP contribution < -0.4 is 4.90 Å². The van der Waals surface area contributed by atoms with Crippen LogP contribution >= 0.6 is 11.6 Å². The fourth-order valence-corrected chi connectivity index (χ4v) is 2.12. The van der Waals surface area contributed by atoms with Gasteiger partial charge in [-0.1, -0.05) is 12.1 Å². The monoisotopic (exact) mass is 250 g/mol. The first-order valence-corrected chi connectivity index (χ1v) is 6.42. The van der Waals surface area contributed by atoms with E-state index in [-0.39, 0.29) is 0 Å². The molecule has 3 heteroatoms. The minimum absolute atomic E-state index is 0.393. The van der Waals surface area contributed by atoms with E-state index in [1.165, 1.54) is 11.3 Å². The van der Waals surface area contributed by atoms with Crippen molar-refractivity contribution in [1.82, 2.24) is 0 Å². The Bertz CT molecular complexity index is 407. The Labute approximate surface area is 109 Å². The first-order chi connectivity index (χ1) is 8.10. The number of alkyl halides is 1. The molecule has 0 saturated heterocycles. The van der Waals surface area contributed by atoms with E-state index in [4.69, 9.17) is 16.9 Å². The van der Waals surface area contributed by atoms with Crippen molar-refractivity contribution in [1.29, 1.82) is 5.26 Å². The summed E-state index contributed by atoms with van der Waals surface area (Å²) in [6.07, 6.45) is 0.550. The zero-order valence-electron chi connectivity index (χ0n) is 10.7. The summed E-state index contributed by atoms with van der Waals surface area (Å²) >= 11 is 5.82. The average molecular weight is 251 g/mol. The minimum atomic E-state index is 0.393. The van der Waals surface area contributed by atoms with E-state index in [9.17, 15) is 0 Å². The molecule has 0 aliphatic rings. The van der Waals surface area contributed by atoms with Gasteiger partial charge in [0.15, 0.2) is 0 Å². The Balaban J connectivity index is 2.98. The van der Waals surface area contributed by atoms with E-state index in [0.717, 1.165) is 12.1 Å². The molecule has 0 aliphatic heterocycles. The van der Waals surface area contributed by atoms with Crippen LogP contribution in [0.3, 0.4) is 0 Å². The third-order valence-corrected chi connectivity index (χ3v) is 3.12. The molecule has 0 fully saturated rings. The highest BCUT2D eigenvalue weighted by atomic mass is 35.5. The van der Waals surface area contributed by atoms with Gasteiger partial charge in [-0.3, -0.25) is 0 Å². The number of halogens is 1. The lowest BCUT2D eigenvalue weighted by molar-refractivity contribution is 0.684. The van der Waals surface area contributed by atoms with E-state index in [2.05, 4.69) is 49.9 Å². The zero-order chi connectivity index (χ0) is 12.8. The zero-order valence-corrected chi connectivity index (χ0v) is 11.5. The lowest BCUT2D eigenvalue weighted by Gasteiger charge is -2.30. The highest BCUT2D eigenvalue weighted by Gasteiger charge is 2.12. The molecule has 92 valence electrons. The van der Waals surface area contributed by atoms with Gasteiger partial charge in [0.05, 0.1) is 12.5 Å². The van der Waals surface area contributed by atoms with Crippen LogP contribution in [0.4, 0.5) is 5.69 Å². The normalized spacial score (nSPS) is 10.4. The molecule has 0 atom stereocenters. The third-order valence-electron chi connectivity index (χ3n) is 2.81. The smallest absolute Gasteiger partial charge is 0.0640 e. The maximum atomic E-state index is 8.70. The number of nitrogens with zero attached hydrogens (tertiary/aromatic N) is 2. The highest BCUT2D eigenvalue weighted by molar-refractivity contribution is 6.17. The van der Waals surface area contributed by atoms with Gasteiger partial charge in [0.25, 0.3) is 0 Å². The molecule has 0 saturated carbocycles. The second-order valence-corrected chi connectivity index (χ2v) is 4.72. The summed E-state index contributed by atoms with van der Waals surface area (Å²) in [7, 11) is 0. The van der Waals surface area contributed by atoms with E-state index in [0.29, 0.717) is 18.3 Å². The average Bonchev–Trinajstić information content (AvgIpc) is 2.30. The van der Waals surface area contributed by atoms with Crippen molar-refractivity contribution >= 4 is 17.3 Å². The van der Waals surface area contributed by atoms with Crippen molar-refractivity contribution in [2.24, 2.45) is 0 Å². The van der Waals surface area contributed by atoms with Gasteiger partial charge < -0.3 is 4.90 Å². The Morgan fingerprint density at radius 1 is 1.41 bits per heavy atom. The molecule has 0 N–H and O–H groups in total. The number of hydrogen-bond donors (Lipinski definition) is 0. The first kappa shape index (κ1) is 13.9. The summed E-state index contributed by atoms with van der Waals surface area (Å²) in [5.74, 6) is 0.543. The Morgan fingerprint density at radius 2 is 2.12 bits per heavy atom. The predicted molar refractivity (Wildman–Crippen MR) is 73.4 cm³/mol. The second-order valence-electron chi connectivity index (χ2n) is 4.45. The molecular weight excluding hydrogens is 232 g/mol. The van der Waals surface area contributed by atoms with Crippen LogP contribution in [0.5, 0.6) is 0 Å². The number of benzene rings is 1. The highest BCUT2D eigenvalue weighted by Crippen LogP contribution is 2.24. The molecule has 0 aliphatic carbocycles. The predicted octanol–water partition coefficient (Wildman–Crippen LogP) is 3.86. The Kier molecular flexibility index (Phi) is 5.31. The molecule has 0 amide bonds. The molecule has 1 rings (SSSR count). The quantitative estimate of drug-likeness (QED) is 0.742. The molecule has 0 aromatic heterocycles. The fraction of sp³-hybridized carbons (Fsp3) is 0.500. The van der Waals surface area contributed by atoms with E-state index < -0.39 is 0 Å². The van der Waals surface area contributed by atoms with E-state index in [1.54, 1.807) is 0 Å². The standard InChI is InChI=1S/C14H19ClN2/c1-11(2)17(8-4-7-16)14-6-5-13(10-15)9-12(14)3/h5-6,9,11H,4,8,10H2,1-3H3. The van der Waals surface area contributed by atoms with Gasteiger partial charge >= 0.3 is 0 Å². The van der Waals surface area contributed by atoms with Gasteiger partial charge in [-0.2, -0.15) is 5.26 Å². The molecule has 0 bridgehead atoms. The molecule has 0 radical (unpaired) electrons. The van der Waals surface area contributed by atoms with Crippen molar-refractivity contribution in [3.05, 3.63) is 29.3 Å². The second kappa shape index (κ2) is 6.51. The van der Waals surface area contributed by atoms with Crippen molar-refractivity contribution in [2.75, 3.05) is 11.4 Å². The summed E-state index contributed by atoms with van der Waals surface area (Å²) in [6, 6.07) is 8.86. The summed E-state index contributed by atoms with van der Waals surface area (Å²) in [6.45, 7) is 7.15. The Morgan fingerprint density at radius 3 is 2.59 bits per heavy atom. The van der Waals surface area contributed by atoms with Crippen molar-refractivity contribution in [3.63, 3.8) is 0 Å². The largest absolute Gasteiger partial charge is 0.368 e. The summed E-state index contributed by atoms with van der Waals surface area (Å²) < 4.78 is 0. The molecule has 2 nitrogen and oxygen atoms in total. The van der Waals surface area contributed by atoms with Gasteiger partial charge in [0.1, 0.15) is 0 Å². The molecule has 1 aromatic rings. The summed E-state index contributed by atoms with van der Waals surface area (Å²) in [4.78, 5) is 2.26. The SMILES string of the molecule is Cc1cc(CCl)ccc1N(CCC#N)C(C)C. The van der Waals surface area contributed by atoms with E-state index >= 15 is 0 Å². The Hall–Kier alpha value is -1.20. The maximum Gasteiger partial charge on any atom is 0.0640 e. The van der Waals surface area contributed by atoms with E-state index in [1.807, 2.05) is 0 Å². The van der Waals surface area contributed by atoms with Crippen LogP contribution in [0.15, 0.2) is 18.2 Å². The van der Waals surface area contributed by atoms with Crippen LogP contribution in [0.1, 0.15) is 31.4 Å². The van der Waals surface area contributed by atoms with Crippen LogP contribution in [0.2, 0.25) is 0 Å².